The number of ether oxygens (including phenoxy) is 1. The third kappa shape index (κ3) is 5.35. The zero-order valence-corrected chi connectivity index (χ0v) is 13.1. The molecule has 0 bridgehead atoms. The molecule has 6 heteroatoms. The lowest BCUT2D eigenvalue weighted by Crippen LogP contribution is -2.21. The molecule has 3 N–H and O–H groups in total. The number of hydrogen-bond donors (Lipinski definition) is 3. The SMILES string of the molecule is COc1cccc(NCC(=O)Nc2ccc(NC(C)=O)cc2)c1. The summed E-state index contributed by atoms with van der Waals surface area (Å²) in [7, 11) is 1.59. The van der Waals surface area contributed by atoms with Gasteiger partial charge in [-0.3, -0.25) is 9.59 Å². The molecule has 0 aliphatic carbocycles. The fourth-order valence-corrected chi connectivity index (χ4v) is 1.96. The van der Waals surface area contributed by atoms with Crippen molar-refractivity contribution in [3.8, 4) is 5.75 Å². The second kappa shape index (κ2) is 7.84. The minimum Gasteiger partial charge on any atom is -0.497 e. The van der Waals surface area contributed by atoms with E-state index in [4.69, 9.17) is 4.74 Å². The molecule has 0 radical (unpaired) electrons. The molecular weight excluding hydrogens is 294 g/mol. The maximum Gasteiger partial charge on any atom is 0.243 e. The standard InChI is InChI=1S/C17H19N3O3/c1-12(21)19-13-6-8-14(9-7-13)20-17(22)11-18-15-4-3-5-16(10-15)23-2/h3-10,18H,11H2,1-2H3,(H,19,21)(H,20,22). The van der Waals surface area contributed by atoms with Crippen LogP contribution in [-0.4, -0.2) is 25.5 Å². The second-order valence-corrected chi connectivity index (χ2v) is 4.89. The van der Waals surface area contributed by atoms with Crippen LogP contribution in [0.1, 0.15) is 6.92 Å². The summed E-state index contributed by atoms with van der Waals surface area (Å²) in [5, 5.41) is 8.47. The first kappa shape index (κ1) is 16.4. The highest BCUT2D eigenvalue weighted by Crippen LogP contribution is 2.17. The van der Waals surface area contributed by atoms with E-state index in [0.29, 0.717) is 11.4 Å². The zero-order chi connectivity index (χ0) is 16.7. The van der Waals surface area contributed by atoms with Crippen LogP contribution in [0.3, 0.4) is 0 Å². The highest BCUT2D eigenvalue weighted by molar-refractivity contribution is 5.94. The predicted molar refractivity (Wildman–Crippen MR) is 90.9 cm³/mol. The Balaban J connectivity index is 1.85. The molecule has 0 aliphatic heterocycles. The predicted octanol–water partition coefficient (Wildman–Crippen LogP) is 2.70. The van der Waals surface area contributed by atoms with Gasteiger partial charge in [0.15, 0.2) is 0 Å². The first-order chi connectivity index (χ1) is 11.1. The fraction of sp³-hybridized carbons (Fsp3) is 0.176. The van der Waals surface area contributed by atoms with E-state index in [1.165, 1.54) is 6.92 Å². The molecule has 2 amide bonds. The van der Waals surface area contributed by atoms with Gasteiger partial charge in [0, 0.05) is 30.1 Å². The molecule has 120 valence electrons. The first-order valence-corrected chi connectivity index (χ1v) is 7.12. The summed E-state index contributed by atoms with van der Waals surface area (Å²) >= 11 is 0. The minimum absolute atomic E-state index is 0.135. The molecule has 23 heavy (non-hydrogen) atoms. The third-order valence-corrected chi connectivity index (χ3v) is 3.01. The molecule has 0 aliphatic rings. The average Bonchev–Trinajstić information content (AvgIpc) is 2.54. The van der Waals surface area contributed by atoms with E-state index in [9.17, 15) is 9.59 Å². The van der Waals surface area contributed by atoms with Gasteiger partial charge in [0.2, 0.25) is 11.8 Å². The Bertz CT molecular complexity index is 684. The smallest absolute Gasteiger partial charge is 0.243 e. The molecule has 2 rings (SSSR count). The number of anilines is 3. The number of methoxy groups -OCH3 is 1. The van der Waals surface area contributed by atoms with Gasteiger partial charge < -0.3 is 20.7 Å². The highest BCUT2D eigenvalue weighted by Gasteiger charge is 2.03. The quantitative estimate of drug-likeness (QED) is 0.766. The third-order valence-electron chi connectivity index (χ3n) is 3.01. The van der Waals surface area contributed by atoms with Gasteiger partial charge in [0.05, 0.1) is 13.7 Å². The van der Waals surface area contributed by atoms with Crippen LogP contribution in [0.5, 0.6) is 5.75 Å². The number of benzene rings is 2. The van der Waals surface area contributed by atoms with Gasteiger partial charge in [-0.25, -0.2) is 0 Å². The first-order valence-electron chi connectivity index (χ1n) is 7.12. The Kier molecular flexibility index (Phi) is 5.57. The van der Waals surface area contributed by atoms with Gasteiger partial charge in [-0.1, -0.05) is 6.07 Å². The van der Waals surface area contributed by atoms with Crippen LogP contribution in [0, 0.1) is 0 Å². The Morgan fingerprint density at radius 1 is 0.957 bits per heavy atom. The van der Waals surface area contributed by atoms with Crippen LogP contribution < -0.4 is 20.7 Å². The average molecular weight is 313 g/mol. The second-order valence-electron chi connectivity index (χ2n) is 4.89. The van der Waals surface area contributed by atoms with Crippen molar-refractivity contribution < 1.29 is 14.3 Å². The lowest BCUT2D eigenvalue weighted by atomic mass is 10.2. The molecule has 6 nitrogen and oxygen atoms in total. The number of hydrogen-bond acceptors (Lipinski definition) is 4. The van der Waals surface area contributed by atoms with Crippen molar-refractivity contribution in [3.63, 3.8) is 0 Å². The van der Waals surface area contributed by atoms with Gasteiger partial charge in [-0.2, -0.15) is 0 Å². The molecule has 0 atom stereocenters. The molecule has 0 spiro atoms. The number of amides is 2. The van der Waals surface area contributed by atoms with Crippen LogP contribution >= 0.6 is 0 Å². The number of carbonyl (C=O) groups excluding carboxylic acids is 2. The summed E-state index contributed by atoms with van der Waals surface area (Å²) in [5.74, 6) is 0.424. The van der Waals surface area contributed by atoms with Crippen molar-refractivity contribution in [1.29, 1.82) is 0 Å². The van der Waals surface area contributed by atoms with Crippen molar-refractivity contribution in [2.75, 3.05) is 29.6 Å². The molecule has 2 aromatic rings. The van der Waals surface area contributed by atoms with Gasteiger partial charge in [0.25, 0.3) is 0 Å². The number of rotatable bonds is 6. The molecular formula is C17H19N3O3. The van der Waals surface area contributed by atoms with Crippen molar-refractivity contribution >= 4 is 28.9 Å². The number of nitrogens with one attached hydrogen (secondary N) is 3. The Hall–Kier alpha value is -3.02. The monoisotopic (exact) mass is 313 g/mol. The van der Waals surface area contributed by atoms with Gasteiger partial charge >= 0.3 is 0 Å². The van der Waals surface area contributed by atoms with Crippen LogP contribution in [0.2, 0.25) is 0 Å². The van der Waals surface area contributed by atoms with Crippen molar-refractivity contribution in [1.82, 2.24) is 0 Å². The van der Waals surface area contributed by atoms with E-state index >= 15 is 0 Å². The van der Waals surface area contributed by atoms with Crippen LogP contribution in [0.4, 0.5) is 17.1 Å². The Morgan fingerprint density at radius 3 is 2.22 bits per heavy atom. The number of carbonyl (C=O) groups is 2. The summed E-state index contributed by atoms with van der Waals surface area (Å²) in [6.45, 7) is 1.58. The lowest BCUT2D eigenvalue weighted by molar-refractivity contribution is -0.115. The summed E-state index contributed by atoms with van der Waals surface area (Å²) < 4.78 is 5.13. The van der Waals surface area contributed by atoms with E-state index in [0.717, 1.165) is 11.4 Å². The molecule has 0 saturated carbocycles. The summed E-state index contributed by atoms with van der Waals surface area (Å²) in [6, 6.07) is 14.3. The van der Waals surface area contributed by atoms with Gasteiger partial charge in [0.1, 0.15) is 5.75 Å². The maximum atomic E-state index is 11.9. The molecule has 0 unspecified atom stereocenters. The van der Waals surface area contributed by atoms with Crippen LogP contribution in [-0.2, 0) is 9.59 Å². The lowest BCUT2D eigenvalue weighted by Gasteiger charge is -2.09. The molecule has 0 saturated heterocycles. The molecule has 0 heterocycles. The van der Waals surface area contributed by atoms with Gasteiger partial charge in [-0.15, -0.1) is 0 Å². The topological polar surface area (TPSA) is 79.5 Å². The maximum absolute atomic E-state index is 11.9. The molecule has 0 fully saturated rings. The Morgan fingerprint density at radius 2 is 1.61 bits per heavy atom. The largest absolute Gasteiger partial charge is 0.497 e. The van der Waals surface area contributed by atoms with Crippen molar-refractivity contribution in [2.45, 2.75) is 6.92 Å². The van der Waals surface area contributed by atoms with Crippen molar-refractivity contribution in [2.24, 2.45) is 0 Å². The summed E-state index contributed by atoms with van der Waals surface area (Å²) in [4.78, 5) is 22.9. The van der Waals surface area contributed by atoms with E-state index in [1.807, 2.05) is 24.3 Å². The van der Waals surface area contributed by atoms with Crippen LogP contribution in [0.25, 0.3) is 0 Å². The molecule has 0 aromatic heterocycles. The summed E-state index contributed by atoms with van der Waals surface area (Å²) in [5.41, 5.74) is 2.15. The summed E-state index contributed by atoms with van der Waals surface area (Å²) in [6.07, 6.45) is 0. The van der Waals surface area contributed by atoms with Crippen LogP contribution in [0.15, 0.2) is 48.5 Å². The van der Waals surface area contributed by atoms with Crippen molar-refractivity contribution in [3.05, 3.63) is 48.5 Å². The van der Waals surface area contributed by atoms with E-state index in [1.54, 1.807) is 31.4 Å². The normalized spacial score (nSPS) is 9.83. The van der Waals surface area contributed by atoms with Gasteiger partial charge in [-0.05, 0) is 36.4 Å². The Labute approximate surface area is 134 Å². The highest BCUT2D eigenvalue weighted by atomic mass is 16.5. The fourth-order valence-electron chi connectivity index (χ4n) is 1.96. The van der Waals surface area contributed by atoms with E-state index < -0.39 is 0 Å². The molecule has 2 aromatic carbocycles. The minimum atomic E-state index is -0.167. The zero-order valence-electron chi connectivity index (χ0n) is 13.1. The van der Waals surface area contributed by atoms with E-state index in [2.05, 4.69) is 16.0 Å². The van der Waals surface area contributed by atoms with E-state index in [-0.39, 0.29) is 18.4 Å².